The Morgan fingerprint density at radius 1 is 0.508 bits per heavy atom. The van der Waals surface area contributed by atoms with E-state index in [1.54, 1.807) is 0 Å². The van der Waals surface area contributed by atoms with E-state index in [1.165, 1.54) is 36.0 Å². The molecule has 1 N–H and O–H groups in total. The number of carbonyl (C=O) groups is 1. The van der Waals surface area contributed by atoms with Crippen molar-refractivity contribution in [2.75, 3.05) is 26.2 Å². The van der Waals surface area contributed by atoms with Gasteiger partial charge in [0, 0.05) is 69.0 Å². The second-order valence-electron chi connectivity index (χ2n) is 17.7. The van der Waals surface area contributed by atoms with Crippen LogP contribution in [0.15, 0.2) is 133 Å². The van der Waals surface area contributed by atoms with Gasteiger partial charge >= 0.3 is 0 Å². The van der Waals surface area contributed by atoms with Crippen molar-refractivity contribution in [1.82, 2.24) is 20.0 Å². The second kappa shape index (κ2) is 28.0. The topological polar surface area (TPSA) is 57.3 Å². The van der Waals surface area contributed by atoms with Gasteiger partial charge in [0.2, 0.25) is 0 Å². The van der Waals surface area contributed by atoms with E-state index < -0.39 is 0 Å². The van der Waals surface area contributed by atoms with Crippen LogP contribution in [0.2, 0.25) is 0 Å². The molecule has 0 saturated heterocycles. The second-order valence-corrected chi connectivity index (χ2v) is 17.7. The van der Waals surface area contributed by atoms with Crippen LogP contribution in [0.5, 0.6) is 11.5 Å². The Kier molecular flexibility index (Phi) is 22.5. The van der Waals surface area contributed by atoms with Gasteiger partial charge in [0.15, 0.2) is 0 Å². The van der Waals surface area contributed by atoms with Gasteiger partial charge in [-0.3, -0.25) is 14.6 Å². The molecule has 5 aromatic carbocycles. The maximum absolute atomic E-state index is 13.7. The van der Waals surface area contributed by atoms with Crippen molar-refractivity contribution in [2.24, 2.45) is 0 Å². The Bertz CT molecular complexity index is 1930. The summed E-state index contributed by atoms with van der Waals surface area (Å²) in [5.41, 5.74) is 6.78. The number of nitrogens with zero attached hydrogens (tertiary/aromatic N) is 3. The third kappa shape index (κ3) is 18.7. The molecule has 0 heterocycles. The summed E-state index contributed by atoms with van der Waals surface area (Å²) in [6.07, 6.45) is 4.73. The van der Waals surface area contributed by atoms with E-state index in [-0.39, 0.29) is 5.91 Å². The van der Waals surface area contributed by atoms with Gasteiger partial charge in [-0.15, -0.1) is 0 Å². The van der Waals surface area contributed by atoms with Crippen molar-refractivity contribution < 1.29 is 14.3 Å². The van der Waals surface area contributed by atoms with Crippen LogP contribution in [0.1, 0.15) is 120 Å². The van der Waals surface area contributed by atoms with E-state index in [2.05, 4.69) is 150 Å². The van der Waals surface area contributed by atoms with Crippen LogP contribution in [0.25, 0.3) is 0 Å². The van der Waals surface area contributed by atoms with Crippen LogP contribution in [0, 0.1) is 0 Å². The maximum Gasteiger partial charge on any atom is 0.254 e. The summed E-state index contributed by atoms with van der Waals surface area (Å²) in [6.45, 7) is 26.3. The predicted molar refractivity (Wildman–Crippen MR) is 265 cm³/mol. The zero-order chi connectivity index (χ0) is 45.4. The molecule has 0 aliphatic carbocycles. The van der Waals surface area contributed by atoms with Gasteiger partial charge in [-0.05, 0) is 132 Å². The number of rotatable bonds is 25. The van der Waals surface area contributed by atoms with E-state index in [0.29, 0.717) is 50.5 Å². The number of hydrogen-bond donors (Lipinski definition) is 1. The van der Waals surface area contributed by atoms with E-state index in [1.807, 2.05) is 65.6 Å². The molecule has 0 aromatic heterocycles. The number of hydrogen-bond acceptors (Lipinski definition) is 6. The fourth-order valence-corrected chi connectivity index (χ4v) is 7.83. The fourth-order valence-electron chi connectivity index (χ4n) is 7.83. The summed E-state index contributed by atoms with van der Waals surface area (Å²) in [5.74, 6) is 1.83. The van der Waals surface area contributed by atoms with E-state index in [9.17, 15) is 4.79 Å². The number of unbranched alkanes of at least 4 members (excludes halogenated alkanes) is 2. The van der Waals surface area contributed by atoms with Crippen LogP contribution in [-0.2, 0) is 32.7 Å². The summed E-state index contributed by atoms with van der Waals surface area (Å²) in [6, 6.07) is 47.2. The largest absolute Gasteiger partial charge is 0.489 e. The zero-order valence-corrected chi connectivity index (χ0v) is 40.1. The molecule has 0 atom stereocenters. The van der Waals surface area contributed by atoms with Crippen molar-refractivity contribution in [2.45, 2.75) is 138 Å². The Balaban J connectivity index is 0.000000302. The number of nitrogens with one attached hydrogen (secondary N) is 1. The molecule has 5 aromatic rings. The first-order valence-electron chi connectivity index (χ1n) is 23.5. The van der Waals surface area contributed by atoms with Crippen molar-refractivity contribution in [3.8, 4) is 11.5 Å². The molecule has 0 aliphatic heterocycles. The van der Waals surface area contributed by atoms with Gasteiger partial charge < -0.3 is 19.7 Å². The fraction of sp³-hybridized carbons (Fsp3) is 0.446. The zero-order valence-electron chi connectivity index (χ0n) is 40.1. The normalized spacial score (nSPS) is 11.4. The molecule has 63 heavy (non-hydrogen) atoms. The lowest BCUT2D eigenvalue weighted by molar-refractivity contribution is 0.0693. The minimum atomic E-state index is 0.0852. The number of ether oxygens (including phenoxy) is 2. The summed E-state index contributed by atoms with van der Waals surface area (Å²) in [4.78, 5) is 20.6. The molecule has 340 valence electrons. The minimum absolute atomic E-state index is 0.0852. The monoisotopic (exact) mass is 855 g/mol. The number of benzene rings is 5. The summed E-state index contributed by atoms with van der Waals surface area (Å²) in [7, 11) is 0. The molecule has 0 bridgehead atoms. The van der Waals surface area contributed by atoms with Crippen molar-refractivity contribution in [3.05, 3.63) is 167 Å². The van der Waals surface area contributed by atoms with Gasteiger partial charge in [0.05, 0.1) is 0 Å². The Morgan fingerprint density at radius 2 is 0.968 bits per heavy atom. The molecule has 0 aliphatic rings. The first-order chi connectivity index (χ1) is 30.4. The molecule has 5 rings (SSSR count). The third-order valence-electron chi connectivity index (χ3n) is 11.4. The average Bonchev–Trinajstić information content (AvgIpc) is 3.28. The molecule has 0 spiro atoms. The van der Waals surface area contributed by atoms with Crippen molar-refractivity contribution in [3.63, 3.8) is 0 Å². The highest BCUT2D eigenvalue weighted by molar-refractivity contribution is 5.94. The first-order valence-corrected chi connectivity index (χ1v) is 23.5. The van der Waals surface area contributed by atoms with Gasteiger partial charge in [0.25, 0.3) is 5.91 Å². The van der Waals surface area contributed by atoms with E-state index in [0.717, 1.165) is 60.8 Å². The number of carbonyl (C=O) groups excluding carboxylic acids is 1. The molecule has 1 amide bonds. The summed E-state index contributed by atoms with van der Waals surface area (Å²) < 4.78 is 11.8. The third-order valence-corrected chi connectivity index (χ3v) is 11.4. The van der Waals surface area contributed by atoms with Crippen molar-refractivity contribution in [1.29, 1.82) is 0 Å². The standard InChI is InChI=1S/C34H46N2O2.C22H32N2O/c1-6-7-9-12-29-15-19-32(20-16-29)34(37)35(23-24-36(27(2)3)28(4)5)25-30-17-21-33(22-18-30)38-26-31-13-10-8-11-14-31;1-18(2)24(19(3)4)15-14-23-16-20-10-12-22(13-11-20)25-17-21-8-6-5-7-9-21/h8,10-11,13-22,27-28H,6-7,9,12,23-26H2,1-5H3;5-13,18-19,23H,14-17H2,1-4H3. The Morgan fingerprint density at radius 3 is 1.44 bits per heavy atom. The molecule has 7 heteroatoms. The number of amides is 1. The van der Waals surface area contributed by atoms with Crippen LogP contribution < -0.4 is 14.8 Å². The highest BCUT2D eigenvalue weighted by Gasteiger charge is 2.20. The van der Waals surface area contributed by atoms with Gasteiger partial charge in [-0.2, -0.15) is 0 Å². The van der Waals surface area contributed by atoms with Gasteiger partial charge in [0.1, 0.15) is 24.7 Å². The predicted octanol–water partition coefficient (Wildman–Crippen LogP) is 12.2. The molecule has 0 unspecified atom stereocenters. The first kappa shape index (κ1) is 50.7. The van der Waals surface area contributed by atoms with Crippen LogP contribution in [0.3, 0.4) is 0 Å². The summed E-state index contributed by atoms with van der Waals surface area (Å²) in [5, 5.41) is 3.54. The van der Waals surface area contributed by atoms with E-state index in [4.69, 9.17) is 9.47 Å². The average molecular weight is 855 g/mol. The molecule has 7 nitrogen and oxygen atoms in total. The lowest BCUT2D eigenvalue weighted by Crippen LogP contribution is -2.44. The summed E-state index contributed by atoms with van der Waals surface area (Å²) >= 11 is 0. The molecular weight excluding hydrogens is 777 g/mol. The van der Waals surface area contributed by atoms with Crippen LogP contribution in [0.4, 0.5) is 0 Å². The highest BCUT2D eigenvalue weighted by Crippen LogP contribution is 2.19. The molecular formula is C56H78N4O3. The molecule has 0 radical (unpaired) electrons. The quantitative estimate of drug-likeness (QED) is 0.0590. The highest BCUT2D eigenvalue weighted by atomic mass is 16.5. The van der Waals surface area contributed by atoms with Crippen LogP contribution >= 0.6 is 0 Å². The molecule has 0 saturated carbocycles. The van der Waals surface area contributed by atoms with E-state index >= 15 is 0 Å². The SMILES string of the molecule is CC(C)N(CCNCc1ccc(OCc2ccccc2)cc1)C(C)C.CCCCCc1ccc(C(=O)N(CCN(C(C)C)C(C)C)Cc2ccc(OCc3ccccc3)cc2)cc1. The Labute approximate surface area is 381 Å². The smallest absolute Gasteiger partial charge is 0.254 e. The Hall–Kier alpha value is -4.95. The van der Waals surface area contributed by atoms with Gasteiger partial charge in [-0.1, -0.05) is 117 Å². The lowest BCUT2D eigenvalue weighted by Gasteiger charge is -2.33. The van der Waals surface area contributed by atoms with Crippen LogP contribution in [-0.4, -0.2) is 71.0 Å². The maximum atomic E-state index is 13.7. The lowest BCUT2D eigenvalue weighted by atomic mass is 10.0. The molecule has 0 fully saturated rings. The minimum Gasteiger partial charge on any atom is -0.489 e. The van der Waals surface area contributed by atoms with Gasteiger partial charge in [-0.25, -0.2) is 0 Å². The van der Waals surface area contributed by atoms with Crippen molar-refractivity contribution >= 4 is 5.91 Å². The number of aryl methyl sites for hydroxylation is 1.